The number of nitriles is 1. The third kappa shape index (κ3) is 6.50. The fourth-order valence-corrected chi connectivity index (χ4v) is 4.06. The molecule has 5 nitrogen and oxygen atoms in total. The molecule has 33 heavy (non-hydrogen) atoms. The van der Waals surface area contributed by atoms with E-state index in [9.17, 15) is 10.1 Å². The molecule has 1 N–H and O–H groups in total. The number of hydrogen-bond donors (Lipinski definition) is 1. The summed E-state index contributed by atoms with van der Waals surface area (Å²) in [5.74, 6) is 0.601. The maximum absolute atomic E-state index is 12.6. The SMILES string of the molecule is COc1cc(/C=C(\C#N)C(=O)Nc2cccc(Cl)c2)cc(I)c1OCc1ccc(C)c(C)c1. The minimum absolute atomic E-state index is 0.0448. The van der Waals surface area contributed by atoms with Gasteiger partial charge in [0.05, 0.1) is 10.7 Å². The first-order valence-electron chi connectivity index (χ1n) is 10.1. The lowest BCUT2D eigenvalue weighted by Gasteiger charge is -2.14. The number of nitrogens with zero attached hydrogens (tertiary/aromatic N) is 1. The maximum Gasteiger partial charge on any atom is 0.266 e. The van der Waals surface area contributed by atoms with Crippen LogP contribution in [0.3, 0.4) is 0 Å². The molecule has 0 atom stereocenters. The average molecular weight is 573 g/mol. The van der Waals surface area contributed by atoms with Gasteiger partial charge in [0.2, 0.25) is 0 Å². The van der Waals surface area contributed by atoms with E-state index in [4.69, 9.17) is 21.1 Å². The van der Waals surface area contributed by atoms with Crippen LogP contribution in [-0.2, 0) is 11.4 Å². The molecule has 3 rings (SSSR count). The molecule has 0 bridgehead atoms. The molecule has 0 aliphatic carbocycles. The van der Waals surface area contributed by atoms with Crippen molar-refractivity contribution in [1.29, 1.82) is 5.26 Å². The van der Waals surface area contributed by atoms with Crippen LogP contribution in [0.1, 0.15) is 22.3 Å². The fourth-order valence-electron chi connectivity index (χ4n) is 3.09. The zero-order valence-electron chi connectivity index (χ0n) is 18.4. The van der Waals surface area contributed by atoms with Crippen LogP contribution in [0.5, 0.6) is 11.5 Å². The lowest BCUT2D eigenvalue weighted by molar-refractivity contribution is -0.112. The van der Waals surface area contributed by atoms with E-state index >= 15 is 0 Å². The Bertz CT molecular complexity index is 1260. The number of carbonyl (C=O) groups is 1. The summed E-state index contributed by atoms with van der Waals surface area (Å²) in [5, 5.41) is 12.7. The number of halogens is 2. The van der Waals surface area contributed by atoms with Crippen LogP contribution < -0.4 is 14.8 Å². The largest absolute Gasteiger partial charge is 0.493 e. The number of ether oxygens (including phenoxy) is 2. The minimum atomic E-state index is -0.524. The van der Waals surface area contributed by atoms with E-state index in [0.29, 0.717) is 34.4 Å². The molecule has 0 saturated heterocycles. The number of nitrogens with one attached hydrogen (secondary N) is 1. The first kappa shape index (κ1) is 24.6. The lowest BCUT2D eigenvalue weighted by atomic mass is 10.1. The molecule has 1 amide bonds. The van der Waals surface area contributed by atoms with Crippen LogP contribution in [0.2, 0.25) is 5.02 Å². The van der Waals surface area contributed by atoms with E-state index in [-0.39, 0.29) is 5.57 Å². The normalized spacial score (nSPS) is 11.0. The summed E-state index contributed by atoms with van der Waals surface area (Å²) < 4.78 is 12.4. The maximum atomic E-state index is 12.6. The van der Waals surface area contributed by atoms with Gasteiger partial charge in [-0.25, -0.2) is 0 Å². The van der Waals surface area contributed by atoms with Gasteiger partial charge in [0.15, 0.2) is 11.5 Å². The van der Waals surface area contributed by atoms with Crippen molar-refractivity contribution in [1.82, 2.24) is 0 Å². The molecule has 0 aliphatic heterocycles. The Kier molecular flexibility index (Phi) is 8.37. The number of amides is 1. The first-order chi connectivity index (χ1) is 15.8. The Balaban J connectivity index is 1.82. The van der Waals surface area contributed by atoms with Crippen LogP contribution in [0, 0.1) is 28.7 Å². The van der Waals surface area contributed by atoms with Crippen LogP contribution in [0.15, 0.2) is 60.2 Å². The molecule has 3 aromatic rings. The number of rotatable bonds is 7. The Morgan fingerprint density at radius 2 is 1.94 bits per heavy atom. The summed E-state index contributed by atoms with van der Waals surface area (Å²) in [6, 6.07) is 18.5. The van der Waals surface area contributed by atoms with Crippen molar-refractivity contribution in [2.24, 2.45) is 0 Å². The molecule has 0 unspecified atom stereocenters. The van der Waals surface area contributed by atoms with Gasteiger partial charge in [-0.15, -0.1) is 0 Å². The number of anilines is 1. The number of carbonyl (C=O) groups excluding carboxylic acids is 1. The first-order valence-corrected chi connectivity index (χ1v) is 11.5. The highest BCUT2D eigenvalue weighted by atomic mass is 127. The van der Waals surface area contributed by atoms with Crippen molar-refractivity contribution in [3.05, 3.63) is 91.0 Å². The second kappa shape index (κ2) is 11.2. The smallest absolute Gasteiger partial charge is 0.266 e. The summed E-state index contributed by atoms with van der Waals surface area (Å²) in [5.41, 5.74) is 4.61. The van der Waals surface area contributed by atoms with Crippen molar-refractivity contribution >= 4 is 51.9 Å². The van der Waals surface area contributed by atoms with Crippen LogP contribution >= 0.6 is 34.2 Å². The summed E-state index contributed by atoms with van der Waals surface area (Å²) in [6.45, 7) is 4.54. The Labute approximate surface area is 212 Å². The monoisotopic (exact) mass is 572 g/mol. The molecule has 7 heteroatoms. The van der Waals surface area contributed by atoms with Crippen LogP contribution in [0.4, 0.5) is 5.69 Å². The van der Waals surface area contributed by atoms with Crippen LogP contribution in [-0.4, -0.2) is 13.0 Å². The third-order valence-electron chi connectivity index (χ3n) is 4.96. The minimum Gasteiger partial charge on any atom is -0.493 e. The molecular weight excluding hydrogens is 551 g/mol. The molecule has 0 fully saturated rings. The summed E-state index contributed by atoms with van der Waals surface area (Å²) in [4.78, 5) is 12.6. The molecule has 0 aliphatic rings. The van der Waals surface area contributed by atoms with Crippen molar-refractivity contribution < 1.29 is 14.3 Å². The highest BCUT2D eigenvalue weighted by molar-refractivity contribution is 14.1. The average Bonchev–Trinajstić information content (AvgIpc) is 2.78. The van der Waals surface area contributed by atoms with Crippen molar-refractivity contribution in [2.45, 2.75) is 20.5 Å². The van der Waals surface area contributed by atoms with Crippen molar-refractivity contribution in [3.63, 3.8) is 0 Å². The molecule has 0 radical (unpaired) electrons. The van der Waals surface area contributed by atoms with Gasteiger partial charge in [-0.3, -0.25) is 4.79 Å². The third-order valence-corrected chi connectivity index (χ3v) is 6.00. The molecular formula is C26H22ClIN2O3. The van der Waals surface area contributed by atoms with Gasteiger partial charge in [-0.2, -0.15) is 5.26 Å². The summed E-state index contributed by atoms with van der Waals surface area (Å²) in [7, 11) is 1.55. The van der Waals surface area contributed by atoms with E-state index in [1.807, 2.05) is 18.2 Å². The topological polar surface area (TPSA) is 71.3 Å². The van der Waals surface area contributed by atoms with E-state index in [1.165, 1.54) is 17.2 Å². The zero-order valence-corrected chi connectivity index (χ0v) is 21.3. The predicted octanol–water partition coefficient (Wildman–Crippen LogP) is 6.69. The van der Waals surface area contributed by atoms with E-state index in [0.717, 1.165) is 9.13 Å². The highest BCUT2D eigenvalue weighted by Crippen LogP contribution is 2.35. The summed E-state index contributed by atoms with van der Waals surface area (Å²) >= 11 is 8.11. The van der Waals surface area contributed by atoms with E-state index in [1.54, 1.807) is 37.4 Å². The molecule has 0 heterocycles. The number of benzene rings is 3. The molecule has 0 spiro atoms. The number of methoxy groups -OCH3 is 1. The second-order valence-electron chi connectivity index (χ2n) is 7.38. The number of aryl methyl sites for hydroxylation is 2. The van der Waals surface area contributed by atoms with Crippen molar-refractivity contribution in [2.75, 3.05) is 12.4 Å². The van der Waals surface area contributed by atoms with Gasteiger partial charge in [0.1, 0.15) is 18.2 Å². The molecule has 168 valence electrons. The summed E-state index contributed by atoms with van der Waals surface area (Å²) in [6.07, 6.45) is 1.51. The second-order valence-corrected chi connectivity index (χ2v) is 8.97. The van der Waals surface area contributed by atoms with Gasteiger partial charge in [0, 0.05) is 10.7 Å². The van der Waals surface area contributed by atoms with E-state index in [2.05, 4.69) is 53.9 Å². The molecule has 3 aromatic carbocycles. The van der Waals surface area contributed by atoms with Crippen molar-refractivity contribution in [3.8, 4) is 17.6 Å². The Hall–Kier alpha value is -3.02. The lowest BCUT2D eigenvalue weighted by Crippen LogP contribution is -2.13. The van der Waals surface area contributed by atoms with Crippen LogP contribution in [0.25, 0.3) is 6.08 Å². The van der Waals surface area contributed by atoms with E-state index < -0.39 is 5.91 Å². The highest BCUT2D eigenvalue weighted by Gasteiger charge is 2.14. The fraction of sp³-hybridized carbons (Fsp3) is 0.154. The van der Waals surface area contributed by atoms with Gasteiger partial charge in [-0.1, -0.05) is 35.9 Å². The predicted molar refractivity (Wildman–Crippen MR) is 140 cm³/mol. The molecule has 0 aromatic heterocycles. The van der Waals surface area contributed by atoms with Gasteiger partial charge >= 0.3 is 0 Å². The van der Waals surface area contributed by atoms with Gasteiger partial charge in [-0.05, 0) is 95.1 Å². The van der Waals surface area contributed by atoms with Gasteiger partial charge in [0.25, 0.3) is 5.91 Å². The van der Waals surface area contributed by atoms with Gasteiger partial charge < -0.3 is 14.8 Å². The molecule has 0 saturated carbocycles. The quantitative estimate of drug-likeness (QED) is 0.194. The standard InChI is InChI=1S/C26H22ClIN2O3/c1-16-7-8-18(9-17(16)2)15-33-25-23(28)11-19(12-24(25)32-3)10-20(14-29)26(31)30-22-6-4-5-21(27)13-22/h4-13H,15H2,1-3H3,(H,30,31)/b20-10+. The Morgan fingerprint density at radius 1 is 1.15 bits per heavy atom. The Morgan fingerprint density at radius 3 is 2.61 bits per heavy atom. The number of hydrogen-bond acceptors (Lipinski definition) is 4. The zero-order chi connectivity index (χ0) is 24.0.